The molecule has 0 heterocycles. The van der Waals surface area contributed by atoms with E-state index in [2.05, 4.69) is 21.2 Å². The number of esters is 1. The Kier molecular flexibility index (Phi) is 6.66. The Bertz CT molecular complexity index is 781. The van der Waals surface area contributed by atoms with E-state index in [1.54, 1.807) is 31.4 Å². The number of nitrogens with one attached hydrogen (secondary N) is 1. The van der Waals surface area contributed by atoms with E-state index >= 15 is 0 Å². The maximum absolute atomic E-state index is 13.8. The summed E-state index contributed by atoms with van der Waals surface area (Å²) in [4.78, 5) is 24.3. The van der Waals surface area contributed by atoms with Gasteiger partial charge in [-0.15, -0.1) is 0 Å². The third-order valence-electron chi connectivity index (χ3n) is 3.32. The molecule has 0 saturated heterocycles. The highest BCUT2D eigenvalue weighted by atomic mass is 79.9. The predicted octanol–water partition coefficient (Wildman–Crippen LogP) is 3.92. The normalized spacial score (nSPS) is 11.7. The van der Waals surface area contributed by atoms with Crippen LogP contribution in [0.5, 0.6) is 0 Å². The number of halogens is 2. The topological polar surface area (TPSA) is 64.6 Å². The van der Waals surface area contributed by atoms with Crippen LogP contribution in [0, 0.1) is 5.82 Å². The number of methoxy groups -OCH3 is 1. The summed E-state index contributed by atoms with van der Waals surface area (Å²) in [7, 11) is 1.55. The monoisotopic (exact) mass is 409 g/mol. The van der Waals surface area contributed by atoms with Crippen molar-refractivity contribution in [2.45, 2.75) is 19.6 Å². The Morgan fingerprint density at radius 3 is 2.68 bits per heavy atom. The fraction of sp³-hybridized carbons (Fsp3) is 0.222. The standard InChI is InChI=1S/C18H17BrFNO4/c1-11(17(22)21-16-7-6-14(19)9-15(16)20)25-18(23)13-5-3-4-12(8-13)10-24-2/h3-9,11H,10H2,1-2H3,(H,21,22)/t11-/m1/s1. The number of anilines is 1. The van der Waals surface area contributed by atoms with E-state index in [1.165, 1.54) is 19.1 Å². The zero-order valence-electron chi connectivity index (χ0n) is 13.7. The van der Waals surface area contributed by atoms with Gasteiger partial charge in [0.05, 0.1) is 17.9 Å². The van der Waals surface area contributed by atoms with Crippen molar-refractivity contribution >= 4 is 33.5 Å². The highest BCUT2D eigenvalue weighted by Crippen LogP contribution is 2.19. The number of rotatable bonds is 6. The lowest BCUT2D eigenvalue weighted by atomic mass is 10.1. The molecule has 2 rings (SSSR count). The molecule has 0 unspecified atom stereocenters. The predicted molar refractivity (Wildman–Crippen MR) is 94.8 cm³/mol. The molecule has 0 aliphatic rings. The van der Waals surface area contributed by atoms with E-state index in [0.717, 1.165) is 5.56 Å². The van der Waals surface area contributed by atoms with Crippen molar-refractivity contribution in [3.8, 4) is 0 Å². The third-order valence-corrected chi connectivity index (χ3v) is 3.81. The number of hydrogen-bond donors (Lipinski definition) is 1. The van der Waals surface area contributed by atoms with E-state index in [4.69, 9.17) is 9.47 Å². The van der Waals surface area contributed by atoms with Crippen LogP contribution in [0.2, 0.25) is 0 Å². The zero-order chi connectivity index (χ0) is 18.4. The second kappa shape index (κ2) is 8.73. The van der Waals surface area contributed by atoms with Crippen molar-refractivity contribution in [1.82, 2.24) is 0 Å². The summed E-state index contributed by atoms with van der Waals surface area (Å²) >= 11 is 3.14. The molecule has 1 atom stereocenters. The van der Waals surface area contributed by atoms with E-state index in [-0.39, 0.29) is 5.69 Å². The van der Waals surface area contributed by atoms with Gasteiger partial charge in [-0.2, -0.15) is 0 Å². The highest BCUT2D eigenvalue weighted by Gasteiger charge is 2.20. The molecule has 0 saturated carbocycles. The first-order valence-corrected chi connectivity index (χ1v) is 8.24. The van der Waals surface area contributed by atoms with Crippen LogP contribution in [0.1, 0.15) is 22.8 Å². The molecule has 0 bridgehead atoms. The van der Waals surface area contributed by atoms with Crippen molar-refractivity contribution < 1.29 is 23.5 Å². The van der Waals surface area contributed by atoms with Gasteiger partial charge in [-0.3, -0.25) is 4.79 Å². The van der Waals surface area contributed by atoms with Crippen LogP contribution >= 0.6 is 15.9 Å². The first-order valence-electron chi connectivity index (χ1n) is 7.45. The van der Waals surface area contributed by atoms with Crippen LogP contribution in [0.4, 0.5) is 10.1 Å². The van der Waals surface area contributed by atoms with Crippen molar-refractivity contribution in [3.05, 3.63) is 63.9 Å². The van der Waals surface area contributed by atoms with Gasteiger partial charge in [0.25, 0.3) is 5.91 Å². The van der Waals surface area contributed by atoms with Crippen molar-refractivity contribution in [2.75, 3.05) is 12.4 Å². The number of carbonyl (C=O) groups excluding carboxylic acids is 2. The summed E-state index contributed by atoms with van der Waals surface area (Å²) in [5.41, 5.74) is 1.13. The van der Waals surface area contributed by atoms with Crippen LogP contribution in [-0.2, 0) is 20.9 Å². The molecular weight excluding hydrogens is 393 g/mol. The lowest BCUT2D eigenvalue weighted by Crippen LogP contribution is -2.30. The van der Waals surface area contributed by atoms with E-state index in [9.17, 15) is 14.0 Å². The van der Waals surface area contributed by atoms with Gasteiger partial charge in [-0.25, -0.2) is 9.18 Å². The smallest absolute Gasteiger partial charge is 0.338 e. The lowest BCUT2D eigenvalue weighted by molar-refractivity contribution is -0.123. The molecule has 25 heavy (non-hydrogen) atoms. The second-order valence-electron chi connectivity index (χ2n) is 5.29. The summed E-state index contributed by atoms with van der Waals surface area (Å²) < 4.78 is 24.5. The first kappa shape index (κ1) is 19.1. The number of benzene rings is 2. The van der Waals surface area contributed by atoms with Crippen LogP contribution in [0.25, 0.3) is 0 Å². The van der Waals surface area contributed by atoms with E-state index in [1.807, 2.05) is 6.07 Å². The van der Waals surface area contributed by atoms with Gasteiger partial charge in [0, 0.05) is 11.6 Å². The highest BCUT2D eigenvalue weighted by molar-refractivity contribution is 9.10. The number of hydrogen-bond acceptors (Lipinski definition) is 4. The second-order valence-corrected chi connectivity index (χ2v) is 6.21. The minimum atomic E-state index is -1.08. The minimum absolute atomic E-state index is 0.0122. The molecule has 2 aromatic rings. The molecule has 132 valence electrons. The molecule has 7 heteroatoms. The van der Waals surface area contributed by atoms with E-state index < -0.39 is 23.8 Å². The average molecular weight is 410 g/mol. The van der Waals surface area contributed by atoms with Crippen LogP contribution in [0.3, 0.4) is 0 Å². The molecular formula is C18H17BrFNO4. The van der Waals surface area contributed by atoms with Gasteiger partial charge < -0.3 is 14.8 Å². The van der Waals surface area contributed by atoms with Gasteiger partial charge in [-0.1, -0.05) is 28.1 Å². The van der Waals surface area contributed by atoms with Crippen molar-refractivity contribution in [2.24, 2.45) is 0 Å². The molecule has 2 aromatic carbocycles. The maximum atomic E-state index is 13.8. The first-order chi connectivity index (χ1) is 11.9. The number of amides is 1. The summed E-state index contributed by atoms with van der Waals surface area (Å²) in [6, 6.07) is 11.0. The summed E-state index contributed by atoms with van der Waals surface area (Å²) in [5, 5.41) is 2.39. The summed E-state index contributed by atoms with van der Waals surface area (Å²) in [6.45, 7) is 1.78. The molecule has 0 aliphatic carbocycles. The van der Waals surface area contributed by atoms with Crippen molar-refractivity contribution in [1.29, 1.82) is 0 Å². The third kappa shape index (κ3) is 5.37. The van der Waals surface area contributed by atoms with Crippen LogP contribution in [-0.4, -0.2) is 25.1 Å². The largest absolute Gasteiger partial charge is 0.449 e. The fourth-order valence-electron chi connectivity index (χ4n) is 2.06. The Morgan fingerprint density at radius 1 is 1.24 bits per heavy atom. The average Bonchev–Trinajstić information content (AvgIpc) is 2.57. The Morgan fingerprint density at radius 2 is 2.00 bits per heavy atom. The Balaban J connectivity index is 2.00. The van der Waals surface area contributed by atoms with Gasteiger partial charge in [-0.05, 0) is 42.8 Å². The summed E-state index contributed by atoms with van der Waals surface area (Å²) in [6.07, 6.45) is -1.08. The molecule has 5 nitrogen and oxygen atoms in total. The molecule has 1 N–H and O–H groups in total. The molecule has 0 aromatic heterocycles. The lowest BCUT2D eigenvalue weighted by Gasteiger charge is -2.14. The number of ether oxygens (including phenoxy) is 2. The Hall–Kier alpha value is -2.25. The molecule has 0 aliphatic heterocycles. The zero-order valence-corrected chi connectivity index (χ0v) is 15.3. The molecule has 0 spiro atoms. The van der Waals surface area contributed by atoms with Gasteiger partial charge in [0.2, 0.25) is 0 Å². The van der Waals surface area contributed by atoms with Gasteiger partial charge >= 0.3 is 5.97 Å². The SMILES string of the molecule is COCc1cccc(C(=O)O[C@H](C)C(=O)Nc2ccc(Br)cc2F)c1. The fourth-order valence-corrected chi connectivity index (χ4v) is 2.40. The van der Waals surface area contributed by atoms with E-state index in [0.29, 0.717) is 16.6 Å². The van der Waals surface area contributed by atoms with Crippen LogP contribution < -0.4 is 5.32 Å². The van der Waals surface area contributed by atoms with Gasteiger partial charge in [0.15, 0.2) is 6.10 Å². The molecule has 0 radical (unpaired) electrons. The van der Waals surface area contributed by atoms with Crippen molar-refractivity contribution in [3.63, 3.8) is 0 Å². The Labute approximate surface area is 153 Å². The molecule has 0 fully saturated rings. The number of carbonyl (C=O) groups is 2. The quantitative estimate of drug-likeness (QED) is 0.734. The summed E-state index contributed by atoms with van der Waals surface area (Å²) in [5.74, 6) is -1.85. The molecule has 1 amide bonds. The minimum Gasteiger partial charge on any atom is -0.449 e. The van der Waals surface area contributed by atoms with Gasteiger partial charge in [0.1, 0.15) is 5.82 Å². The maximum Gasteiger partial charge on any atom is 0.338 e. The van der Waals surface area contributed by atoms with Crippen LogP contribution in [0.15, 0.2) is 46.9 Å².